The number of hydrogen-bond donors (Lipinski definition) is 0. The van der Waals surface area contributed by atoms with Gasteiger partial charge in [-0.1, -0.05) is 22.8 Å². The summed E-state index contributed by atoms with van der Waals surface area (Å²) in [5.41, 5.74) is 0. The van der Waals surface area contributed by atoms with Crippen molar-refractivity contribution in [3.8, 4) is 10.7 Å². The zero-order chi connectivity index (χ0) is 15.6. The molecule has 3 aromatic heterocycles. The van der Waals surface area contributed by atoms with E-state index in [1.807, 2.05) is 23.6 Å². The number of hydrogen-bond acceptors (Lipinski definition) is 6. The third-order valence-electron chi connectivity index (χ3n) is 4.13. The second kappa shape index (κ2) is 6.73. The Balaban J connectivity index is 1.36. The number of rotatable bonds is 4. The van der Waals surface area contributed by atoms with Gasteiger partial charge in [0.05, 0.1) is 9.21 Å². The van der Waals surface area contributed by atoms with E-state index in [-0.39, 0.29) is 0 Å². The Labute approximate surface area is 147 Å². The molecule has 1 aliphatic rings. The lowest BCUT2D eigenvalue weighted by atomic mass is 9.97. The Morgan fingerprint density at radius 3 is 2.83 bits per heavy atom. The lowest BCUT2D eigenvalue weighted by Gasteiger charge is -2.29. The molecule has 1 saturated heterocycles. The van der Waals surface area contributed by atoms with Gasteiger partial charge in [-0.15, -0.1) is 22.7 Å². The van der Waals surface area contributed by atoms with Crippen molar-refractivity contribution in [1.29, 1.82) is 0 Å². The molecule has 0 amide bonds. The third-order valence-corrected chi connectivity index (χ3v) is 6.21. The van der Waals surface area contributed by atoms with E-state index in [0.29, 0.717) is 11.7 Å². The van der Waals surface area contributed by atoms with E-state index in [2.05, 4.69) is 21.1 Å². The van der Waals surface area contributed by atoms with Gasteiger partial charge in [-0.05, 0) is 49.5 Å². The summed E-state index contributed by atoms with van der Waals surface area (Å²) in [7, 11) is 0. The highest BCUT2D eigenvalue weighted by Crippen LogP contribution is 2.31. The van der Waals surface area contributed by atoms with Crippen molar-refractivity contribution in [2.45, 2.75) is 25.3 Å². The maximum absolute atomic E-state index is 6.00. The maximum Gasteiger partial charge on any atom is 0.230 e. The minimum absolute atomic E-state index is 0.374. The molecule has 0 spiro atoms. The Kier molecular flexibility index (Phi) is 4.48. The minimum Gasteiger partial charge on any atom is -0.339 e. The average Bonchev–Trinajstić information content (AvgIpc) is 3.28. The van der Waals surface area contributed by atoms with E-state index in [0.717, 1.165) is 47.6 Å². The van der Waals surface area contributed by atoms with Gasteiger partial charge in [0.1, 0.15) is 0 Å². The van der Waals surface area contributed by atoms with Crippen molar-refractivity contribution >= 4 is 34.3 Å². The number of piperidine rings is 1. The van der Waals surface area contributed by atoms with E-state index in [9.17, 15) is 0 Å². The summed E-state index contributed by atoms with van der Waals surface area (Å²) >= 11 is 9.30. The van der Waals surface area contributed by atoms with Crippen molar-refractivity contribution in [3.63, 3.8) is 0 Å². The van der Waals surface area contributed by atoms with Gasteiger partial charge in [-0.2, -0.15) is 4.98 Å². The predicted molar refractivity (Wildman–Crippen MR) is 94.2 cm³/mol. The number of halogens is 1. The van der Waals surface area contributed by atoms with Crippen LogP contribution in [0.1, 0.15) is 29.5 Å². The lowest BCUT2D eigenvalue weighted by molar-refractivity contribution is 0.189. The molecule has 4 heterocycles. The van der Waals surface area contributed by atoms with E-state index in [4.69, 9.17) is 16.1 Å². The van der Waals surface area contributed by atoms with Crippen molar-refractivity contribution < 1.29 is 4.52 Å². The molecule has 0 unspecified atom stereocenters. The first-order valence-electron chi connectivity index (χ1n) is 7.62. The molecule has 4 rings (SSSR count). The van der Waals surface area contributed by atoms with E-state index in [1.54, 1.807) is 22.7 Å². The SMILES string of the molecule is Clc1ccc(CN2CCC(c3nc(-c4cccs4)no3)CC2)s1. The highest BCUT2D eigenvalue weighted by molar-refractivity contribution is 7.16. The topological polar surface area (TPSA) is 42.2 Å². The predicted octanol–water partition coefficient (Wildman–Crippen LogP) is 4.89. The molecular weight excluding hydrogens is 350 g/mol. The maximum atomic E-state index is 6.00. The summed E-state index contributed by atoms with van der Waals surface area (Å²) < 4.78 is 6.36. The number of aromatic nitrogens is 2. The third kappa shape index (κ3) is 3.50. The molecular formula is C16H16ClN3OS2. The number of nitrogens with zero attached hydrogens (tertiary/aromatic N) is 3. The van der Waals surface area contributed by atoms with Crippen LogP contribution in [0.2, 0.25) is 4.34 Å². The quantitative estimate of drug-likeness (QED) is 0.660. The zero-order valence-corrected chi connectivity index (χ0v) is 14.8. The molecule has 0 radical (unpaired) electrons. The summed E-state index contributed by atoms with van der Waals surface area (Å²) in [6.45, 7) is 3.09. The van der Waals surface area contributed by atoms with Crippen LogP contribution in [-0.4, -0.2) is 28.1 Å². The second-order valence-corrected chi connectivity index (χ2v) is 8.44. The Morgan fingerprint density at radius 2 is 2.13 bits per heavy atom. The lowest BCUT2D eigenvalue weighted by Crippen LogP contribution is -2.32. The minimum atomic E-state index is 0.374. The molecule has 1 aliphatic heterocycles. The highest BCUT2D eigenvalue weighted by Gasteiger charge is 2.25. The van der Waals surface area contributed by atoms with E-state index < -0.39 is 0 Å². The first-order valence-corrected chi connectivity index (χ1v) is 9.69. The summed E-state index contributed by atoms with van der Waals surface area (Å²) in [6.07, 6.45) is 2.12. The molecule has 0 N–H and O–H groups in total. The number of likely N-dealkylation sites (tertiary alicyclic amines) is 1. The van der Waals surface area contributed by atoms with Crippen LogP contribution in [0.5, 0.6) is 0 Å². The van der Waals surface area contributed by atoms with Crippen LogP contribution >= 0.6 is 34.3 Å². The van der Waals surface area contributed by atoms with Crippen LogP contribution in [0.3, 0.4) is 0 Å². The van der Waals surface area contributed by atoms with Crippen LogP contribution in [-0.2, 0) is 6.54 Å². The molecule has 4 nitrogen and oxygen atoms in total. The summed E-state index contributed by atoms with van der Waals surface area (Å²) in [5, 5.41) is 6.15. The Bertz CT molecular complexity index is 760. The van der Waals surface area contributed by atoms with Crippen LogP contribution in [0.4, 0.5) is 0 Å². The van der Waals surface area contributed by atoms with Gasteiger partial charge in [0.2, 0.25) is 11.7 Å². The van der Waals surface area contributed by atoms with Gasteiger partial charge in [0.25, 0.3) is 0 Å². The van der Waals surface area contributed by atoms with Crippen molar-refractivity contribution in [2.24, 2.45) is 0 Å². The summed E-state index contributed by atoms with van der Waals surface area (Å²) in [5.74, 6) is 1.87. The molecule has 1 fully saturated rings. The fourth-order valence-corrected chi connectivity index (χ4v) is 4.68. The Hall–Kier alpha value is -1.21. The van der Waals surface area contributed by atoms with Crippen LogP contribution in [0.25, 0.3) is 10.7 Å². The van der Waals surface area contributed by atoms with Crippen molar-refractivity contribution in [3.05, 3.63) is 44.7 Å². The molecule has 7 heteroatoms. The molecule has 0 saturated carbocycles. The van der Waals surface area contributed by atoms with Gasteiger partial charge >= 0.3 is 0 Å². The van der Waals surface area contributed by atoms with Crippen LogP contribution < -0.4 is 0 Å². The Morgan fingerprint density at radius 1 is 1.26 bits per heavy atom. The molecule has 120 valence electrons. The molecule has 23 heavy (non-hydrogen) atoms. The largest absolute Gasteiger partial charge is 0.339 e. The number of thiophene rings is 2. The normalized spacial score (nSPS) is 16.9. The second-order valence-electron chi connectivity index (χ2n) is 5.69. The summed E-state index contributed by atoms with van der Waals surface area (Å²) in [6, 6.07) is 8.11. The van der Waals surface area contributed by atoms with Gasteiger partial charge in [-0.25, -0.2) is 0 Å². The fourth-order valence-electron chi connectivity index (χ4n) is 2.90. The highest BCUT2D eigenvalue weighted by atomic mass is 35.5. The molecule has 3 aromatic rings. The molecule has 0 aromatic carbocycles. The van der Waals surface area contributed by atoms with Crippen LogP contribution in [0.15, 0.2) is 34.2 Å². The van der Waals surface area contributed by atoms with Crippen molar-refractivity contribution in [2.75, 3.05) is 13.1 Å². The smallest absolute Gasteiger partial charge is 0.230 e. The van der Waals surface area contributed by atoms with Gasteiger partial charge in [-0.3, -0.25) is 4.90 Å². The van der Waals surface area contributed by atoms with Gasteiger partial charge < -0.3 is 4.52 Å². The molecule has 0 aliphatic carbocycles. The zero-order valence-electron chi connectivity index (χ0n) is 12.4. The van der Waals surface area contributed by atoms with Crippen LogP contribution in [0, 0.1) is 0 Å². The van der Waals surface area contributed by atoms with E-state index >= 15 is 0 Å². The molecule has 0 bridgehead atoms. The molecule has 0 atom stereocenters. The first kappa shape index (κ1) is 15.3. The monoisotopic (exact) mass is 365 g/mol. The van der Waals surface area contributed by atoms with Crippen molar-refractivity contribution in [1.82, 2.24) is 15.0 Å². The summed E-state index contributed by atoms with van der Waals surface area (Å²) in [4.78, 5) is 9.44. The van der Waals surface area contributed by atoms with Gasteiger partial charge in [0, 0.05) is 17.3 Å². The van der Waals surface area contributed by atoms with Gasteiger partial charge in [0.15, 0.2) is 0 Å². The average molecular weight is 366 g/mol. The fraction of sp³-hybridized carbons (Fsp3) is 0.375. The first-order chi connectivity index (χ1) is 11.3. The standard InChI is InChI=1S/C16H16ClN3OS2/c17-14-4-3-12(23-14)10-20-7-5-11(6-8-20)16-18-15(19-21-16)13-2-1-9-22-13/h1-4,9,11H,5-8,10H2. The van der Waals surface area contributed by atoms with E-state index in [1.165, 1.54) is 4.88 Å².